The van der Waals surface area contributed by atoms with Crippen LogP contribution in [0.1, 0.15) is 41.7 Å². The van der Waals surface area contributed by atoms with Crippen molar-refractivity contribution in [2.75, 3.05) is 0 Å². The molecular formula is C22H23N3O3. The highest BCUT2D eigenvalue weighted by molar-refractivity contribution is 5.98. The summed E-state index contributed by atoms with van der Waals surface area (Å²) in [7, 11) is 0. The molecule has 2 N–H and O–H groups in total. The lowest BCUT2D eigenvalue weighted by molar-refractivity contribution is -0.146. The summed E-state index contributed by atoms with van der Waals surface area (Å²) in [5, 5.41) is 6.17. The van der Waals surface area contributed by atoms with E-state index in [0.717, 1.165) is 25.0 Å². The summed E-state index contributed by atoms with van der Waals surface area (Å²) in [6.07, 6.45) is 5.11. The lowest BCUT2D eigenvalue weighted by atomic mass is 9.60. The normalized spacial score (nSPS) is 30.3. The van der Waals surface area contributed by atoms with Gasteiger partial charge < -0.3 is 15.4 Å². The smallest absolute Gasteiger partial charge is 0.258 e. The highest BCUT2D eigenvalue weighted by atomic mass is 16.5. The van der Waals surface area contributed by atoms with E-state index in [2.05, 4.69) is 15.6 Å². The average molecular weight is 377 g/mol. The highest BCUT2D eigenvalue weighted by Gasteiger charge is 2.57. The maximum absolute atomic E-state index is 12.8. The Morgan fingerprint density at radius 3 is 2.86 bits per heavy atom. The minimum atomic E-state index is -0.674. The minimum Gasteiger partial charge on any atom is -0.467 e. The molecule has 0 saturated heterocycles. The minimum absolute atomic E-state index is 0.0363. The van der Waals surface area contributed by atoms with E-state index in [1.54, 1.807) is 12.3 Å². The first kappa shape index (κ1) is 17.2. The molecule has 0 radical (unpaired) electrons. The number of nitrogens with zero attached hydrogens (tertiary/aromatic N) is 1. The second-order valence-electron chi connectivity index (χ2n) is 8.06. The Morgan fingerprint density at radius 2 is 2.07 bits per heavy atom. The zero-order chi connectivity index (χ0) is 19.1. The van der Waals surface area contributed by atoms with Gasteiger partial charge in [0.05, 0.1) is 17.8 Å². The van der Waals surface area contributed by atoms with Crippen LogP contribution in [0.15, 0.2) is 48.7 Å². The topological polar surface area (TPSA) is 80.3 Å². The summed E-state index contributed by atoms with van der Waals surface area (Å²) in [6, 6.07) is 13.1. The van der Waals surface area contributed by atoms with Crippen LogP contribution in [0.4, 0.5) is 0 Å². The first-order chi connectivity index (χ1) is 13.6. The first-order valence-corrected chi connectivity index (χ1v) is 9.93. The molecule has 1 aliphatic heterocycles. The molecule has 0 unspecified atom stereocenters. The van der Waals surface area contributed by atoms with Gasteiger partial charge >= 0.3 is 0 Å². The van der Waals surface area contributed by atoms with Crippen LogP contribution in [-0.4, -0.2) is 22.5 Å². The van der Waals surface area contributed by atoms with Crippen LogP contribution < -0.4 is 15.4 Å². The van der Waals surface area contributed by atoms with Gasteiger partial charge in [0.15, 0.2) is 5.72 Å². The van der Waals surface area contributed by atoms with E-state index in [4.69, 9.17) is 4.74 Å². The maximum atomic E-state index is 12.8. The molecule has 2 heterocycles. The van der Waals surface area contributed by atoms with Gasteiger partial charge in [-0.05, 0) is 49.4 Å². The first-order valence-electron chi connectivity index (χ1n) is 9.93. The van der Waals surface area contributed by atoms with E-state index in [-0.39, 0.29) is 29.6 Å². The van der Waals surface area contributed by atoms with Crippen molar-refractivity contribution in [3.05, 3.63) is 59.9 Å². The van der Waals surface area contributed by atoms with Crippen LogP contribution in [-0.2, 0) is 11.3 Å². The number of para-hydroxylation sites is 1. The summed E-state index contributed by atoms with van der Waals surface area (Å²) in [4.78, 5) is 29.7. The van der Waals surface area contributed by atoms with Crippen molar-refractivity contribution < 1.29 is 14.3 Å². The van der Waals surface area contributed by atoms with Crippen LogP contribution in [0.25, 0.3) is 0 Å². The number of amides is 2. The number of pyridine rings is 1. The molecule has 4 aliphatic rings. The van der Waals surface area contributed by atoms with E-state index in [1.165, 1.54) is 0 Å². The molecular weight excluding hydrogens is 354 g/mol. The van der Waals surface area contributed by atoms with Crippen molar-refractivity contribution in [1.29, 1.82) is 0 Å². The Balaban J connectivity index is 1.30. The number of nitrogens with one attached hydrogen (secondary N) is 2. The molecule has 1 aromatic heterocycles. The molecule has 6 heteroatoms. The van der Waals surface area contributed by atoms with Crippen LogP contribution in [0, 0.1) is 17.8 Å². The summed E-state index contributed by atoms with van der Waals surface area (Å²) in [5.74, 6) is 0.962. The highest BCUT2D eigenvalue weighted by Crippen LogP contribution is 2.52. The van der Waals surface area contributed by atoms with Crippen molar-refractivity contribution >= 4 is 11.8 Å². The monoisotopic (exact) mass is 377 g/mol. The number of benzene rings is 1. The van der Waals surface area contributed by atoms with Crippen LogP contribution in [0.2, 0.25) is 0 Å². The summed E-state index contributed by atoms with van der Waals surface area (Å²) >= 11 is 0. The van der Waals surface area contributed by atoms with Crippen molar-refractivity contribution in [2.24, 2.45) is 17.8 Å². The third-order valence-corrected chi connectivity index (χ3v) is 6.47. The van der Waals surface area contributed by atoms with E-state index in [9.17, 15) is 9.59 Å². The SMILES string of the molecule is O=C1N[C@]2(C[C@H]3CC[C@H]2C[C@H]3C(=O)NCc2ccccn2)Oc2ccccc21. The van der Waals surface area contributed by atoms with Crippen molar-refractivity contribution in [3.63, 3.8) is 0 Å². The third-order valence-electron chi connectivity index (χ3n) is 6.47. The van der Waals surface area contributed by atoms with Crippen molar-refractivity contribution in [1.82, 2.24) is 15.6 Å². The van der Waals surface area contributed by atoms with Gasteiger partial charge in [-0.1, -0.05) is 18.2 Å². The fourth-order valence-corrected chi connectivity index (χ4v) is 5.09. The number of ether oxygens (including phenoxy) is 1. The quantitative estimate of drug-likeness (QED) is 0.862. The third kappa shape index (κ3) is 2.84. The molecule has 2 aromatic rings. The molecule has 3 aliphatic carbocycles. The van der Waals surface area contributed by atoms with Gasteiger partial charge in [0, 0.05) is 24.5 Å². The second kappa shape index (κ2) is 6.62. The van der Waals surface area contributed by atoms with E-state index in [1.807, 2.05) is 36.4 Å². The lowest BCUT2D eigenvalue weighted by Crippen LogP contribution is -2.66. The van der Waals surface area contributed by atoms with Crippen LogP contribution >= 0.6 is 0 Å². The fourth-order valence-electron chi connectivity index (χ4n) is 5.09. The van der Waals surface area contributed by atoms with Crippen LogP contribution in [0.3, 0.4) is 0 Å². The molecule has 144 valence electrons. The van der Waals surface area contributed by atoms with Gasteiger partial charge in [-0.2, -0.15) is 0 Å². The summed E-state index contributed by atoms with van der Waals surface area (Å²) in [6.45, 7) is 0.444. The molecule has 6 nitrogen and oxygen atoms in total. The molecule has 3 fully saturated rings. The zero-order valence-electron chi connectivity index (χ0n) is 15.6. The van der Waals surface area contributed by atoms with E-state index in [0.29, 0.717) is 24.3 Å². The van der Waals surface area contributed by atoms with Gasteiger partial charge in [-0.3, -0.25) is 14.6 Å². The van der Waals surface area contributed by atoms with Gasteiger partial charge in [-0.15, -0.1) is 0 Å². The van der Waals surface area contributed by atoms with Crippen molar-refractivity contribution in [2.45, 2.75) is 38.0 Å². The lowest BCUT2D eigenvalue weighted by Gasteiger charge is -2.55. The second-order valence-corrected chi connectivity index (χ2v) is 8.06. The molecule has 1 spiro atoms. The molecule has 2 amide bonds. The molecule has 1 aromatic carbocycles. The Labute approximate surface area is 163 Å². The predicted molar refractivity (Wildman–Crippen MR) is 102 cm³/mol. The number of aromatic nitrogens is 1. The Bertz CT molecular complexity index is 916. The van der Waals surface area contributed by atoms with Gasteiger partial charge in [0.25, 0.3) is 5.91 Å². The maximum Gasteiger partial charge on any atom is 0.258 e. The van der Waals surface area contributed by atoms with Gasteiger partial charge in [-0.25, -0.2) is 0 Å². The fraction of sp³-hybridized carbons (Fsp3) is 0.409. The number of carbonyl (C=O) groups excluding carboxylic acids is 2. The Hall–Kier alpha value is -2.89. The molecule has 6 rings (SSSR count). The van der Waals surface area contributed by atoms with Crippen LogP contribution in [0.5, 0.6) is 5.75 Å². The number of fused-ring (bicyclic) bond motifs is 3. The Kier molecular flexibility index (Phi) is 4.07. The standard InChI is InChI=1S/C22H23N3O3/c26-20(24-13-16-5-3-4-10-23-16)18-11-15-9-8-14(18)12-22(15)25-21(27)17-6-1-2-7-19(17)28-22/h1-7,10,14-15,18H,8-9,11-13H2,(H,24,26)(H,25,27)/t14-,15+,18-,22-/m1/s1. The summed E-state index contributed by atoms with van der Waals surface area (Å²) < 4.78 is 6.35. The van der Waals surface area contributed by atoms with Gasteiger partial charge in [0.1, 0.15) is 5.75 Å². The zero-order valence-corrected chi connectivity index (χ0v) is 15.6. The summed E-state index contributed by atoms with van der Waals surface area (Å²) in [5.41, 5.74) is 0.763. The largest absolute Gasteiger partial charge is 0.467 e. The van der Waals surface area contributed by atoms with E-state index < -0.39 is 5.72 Å². The van der Waals surface area contributed by atoms with Gasteiger partial charge in [0.2, 0.25) is 5.91 Å². The number of hydrogen-bond donors (Lipinski definition) is 2. The molecule has 4 atom stereocenters. The number of hydrogen-bond acceptors (Lipinski definition) is 4. The van der Waals surface area contributed by atoms with Crippen molar-refractivity contribution in [3.8, 4) is 5.75 Å². The predicted octanol–water partition coefficient (Wildman–Crippen LogP) is 2.65. The molecule has 3 saturated carbocycles. The molecule has 2 bridgehead atoms. The number of carbonyl (C=O) groups is 2. The average Bonchev–Trinajstić information content (AvgIpc) is 2.73. The number of rotatable bonds is 3. The molecule has 28 heavy (non-hydrogen) atoms. The Morgan fingerprint density at radius 1 is 1.21 bits per heavy atom. The van der Waals surface area contributed by atoms with E-state index >= 15 is 0 Å².